The summed E-state index contributed by atoms with van der Waals surface area (Å²) in [4.78, 5) is 6.68. The van der Waals surface area contributed by atoms with Gasteiger partial charge >= 0.3 is 0 Å². The van der Waals surface area contributed by atoms with Gasteiger partial charge in [0.1, 0.15) is 6.10 Å². The Bertz CT molecular complexity index is 397. The maximum absolute atomic E-state index is 10.2. The summed E-state index contributed by atoms with van der Waals surface area (Å²) in [5, 5.41) is 10.2. The van der Waals surface area contributed by atoms with Gasteiger partial charge < -0.3 is 14.7 Å². The minimum absolute atomic E-state index is 0.374. The van der Waals surface area contributed by atoms with E-state index >= 15 is 0 Å². The second-order valence-electron chi connectivity index (χ2n) is 5.60. The average Bonchev–Trinajstić information content (AvgIpc) is 3.09. The molecule has 0 bridgehead atoms. The maximum Gasteiger partial charge on any atom is 0.213 e. The van der Waals surface area contributed by atoms with Crippen LogP contribution in [0.4, 0.5) is 0 Å². The Hall–Kier alpha value is -1.13. The van der Waals surface area contributed by atoms with Crippen LogP contribution >= 0.6 is 0 Å². The molecule has 1 saturated heterocycles. The molecule has 1 atom stereocenters. The highest BCUT2D eigenvalue weighted by Gasteiger charge is 2.24. The third-order valence-corrected chi connectivity index (χ3v) is 3.87. The zero-order chi connectivity index (χ0) is 13.1. The molecule has 1 saturated carbocycles. The maximum atomic E-state index is 10.2. The van der Waals surface area contributed by atoms with Gasteiger partial charge in [-0.1, -0.05) is 0 Å². The number of rotatable bonds is 6. The molecule has 2 heterocycles. The second-order valence-corrected chi connectivity index (χ2v) is 5.60. The van der Waals surface area contributed by atoms with Gasteiger partial charge in [0.15, 0.2) is 0 Å². The van der Waals surface area contributed by atoms with E-state index in [2.05, 4.69) is 9.88 Å². The predicted octanol–water partition coefficient (Wildman–Crippen LogP) is 2.14. The van der Waals surface area contributed by atoms with E-state index in [1.807, 2.05) is 12.1 Å². The topological polar surface area (TPSA) is 45.6 Å². The molecule has 4 heteroatoms. The van der Waals surface area contributed by atoms with Gasteiger partial charge in [0.25, 0.3) is 0 Å². The largest absolute Gasteiger partial charge is 0.474 e. The number of ether oxygens (including phenoxy) is 1. The number of likely N-dealkylation sites (tertiary alicyclic amines) is 1. The summed E-state index contributed by atoms with van der Waals surface area (Å²) in [6, 6.07) is 3.80. The van der Waals surface area contributed by atoms with Crippen molar-refractivity contribution in [2.24, 2.45) is 0 Å². The molecule has 0 unspecified atom stereocenters. The van der Waals surface area contributed by atoms with Crippen LogP contribution in [0.3, 0.4) is 0 Å². The molecule has 19 heavy (non-hydrogen) atoms. The van der Waals surface area contributed by atoms with E-state index in [1.54, 1.807) is 6.20 Å². The van der Waals surface area contributed by atoms with Crippen molar-refractivity contribution < 1.29 is 9.84 Å². The second kappa shape index (κ2) is 5.88. The Morgan fingerprint density at radius 1 is 1.32 bits per heavy atom. The van der Waals surface area contributed by atoms with Crippen molar-refractivity contribution >= 4 is 0 Å². The molecule has 0 amide bonds. The average molecular weight is 262 g/mol. The van der Waals surface area contributed by atoms with E-state index in [0.29, 0.717) is 12.0 Å². The summed E-state index contributed by atoms with van der Waals surface area (Å²) in [7, 11) is 0. The van der Waals surface area contributed by atoms with E-state index in [9.17, 15) is 5.11 Å². The Morgan fingerprint density at radius 2 is 2.11 bits per heavy atom. The van der Waals surface area contributed by atoms with E-state index in [-0.39, 0.29) is 0 Å². The van der Waals surface area contributed by atoms with Gasteiger partial charge in [-0.3, -0.25) is 0 Å². The molecule has 0 radical (unpaired) electrons. The lowest BCUT2D eigenvalue weighted by Crippen LogP contribution is -2.22. The first-order valence-corrected chi connectivity index (χ1v) is 7.34. The first kappa shape index (κ1) is 12.9. The quantitative estimate of drug-likeness (QED) is 0.853. The number of aliphatic hydroxyl groups excluding tert-OH is 1. The fraction of sp³-hybridized carbons (Fsp3) is 0.667. The van der Waals surface area contributed by atoms with Crippen LogP contribution in [-0.4, -0.2) is 40.7 Å². The first-order valence-electron chi connectivity index (χ1n) is 7.34. The molecule has 1 N–H and O–H groups in total. The molecule has 1 aromatic heterocycles. The third kappa shape index (κ3) is 3.67. The van der Waals surface area contributed by atoms with E-state index in [1.165, 1.54) is 25.9 Å². The number of pyridine rings is 1. The highest BCUT2D eigenvalue weighted by atomic mass is 16.5. The highest BCUT2D eigenvalue weighted by Crippen LogP contribution is 2.26. The van der Waals surface area contributed by atoms with Crippen molar-refractivity contribution in [3.63, 3.8) is 0 Å². The summed E-state index contributed by atoms with van der Waals surface area (Å²) in [6.45, 7) is 3.33. The zero-order valence-corrected chi connectivity index (χ0v) is 11.3. The van der Waals surface area contributed by atoms with Crippen molar-refractivity contribution in [3.8, 4) is 5.88 Å². The predicted molar refractivity (Wildman–Crippen MR) is 73.1 cm³/mol. The van der Waals surface area contributed by atoms with Gasteiger partial charge in [-0.15, -0.1) is 0 Å². The van der Waals surface area contributed by atoms with E-state index in [4.69, 9.17) is 4.74 Å². The van der Waals surface area contributed by atoms with Crippen molar-refractivity contribution in [3.05, 3.63) is 23.9 Å². The summed E-state index contributed by atoms with van der Waals surface area (Å²) >= 11 is 0. The Labute approximate surface area is 114 Å². The van der Waals surface area contributed by atoms with Crippen molar-refractivity contribution in [2.75, 3.05) is 19.6 Å². The first-order chi connectivity index (χ1) is 9.31. The van der Waals surface area contributed by atoms with Gasteiger partial charge in [-0.2, -0.15) is 0 Å². The summed E-state index contributed by atoms with van der Waals surface area (Å²) in [6.07, 6.45) is 7.36. The number of hydrogen-bond acceptors (Lipinski definition) is 4. The molecular formula is C15H22N2O2. The minimum Gasteiger partial charge on any atom is -0.474 e. The molecular weight excluding hydrogens is 240 g/mol. The fourth-order valence-electron chi connectivity index (χ4n) is 2.49. The molecule has 4 nitrogen and oxygen atoms in total. The Balaban J connectivity index is 1.48. The molecule has 1 aromatic rings. The summed E-state index contributed by atoms with van der Waals surface area (Å²) < 4.78 is 5.60. The van der Waals surface area contributed by atoms with Crippen LogP contribution in [0.25, 0.3) is 0 Å². The van der Waals surface area contributed by atoms with E-state index in [0.717, 1.165) is 31.4 Å². The molecule has 3 rings (SSSR count). The lowest BCUT2D eigenvalue weighted by atomic mass is 10.1. The number of hydrogen-bond donors (Lipinski definition) is 1. The van der Waals surface area contributed by atoms with Gasteiger partial charge in [-0.25, -0.2) is 4.98 Å². The number of nitrogens with zero attached hydrogens (tertiary/aromatic N) is 2. The lowest BCUT2D eigenvalue weighted by molar-refractivity contribution is 0.148. The van der Waals surface area contributed by atoms with Crippen LogP contribution < -0.4 is 4.74 Å². The normalized spacial score (nSPS) is 21.5. The summed E-state index contributed by atoms with van der Waals surface area (Å²) in [5.74, 6) is 0.679. The number of aliphatic hydroxyl groups is 1. The van der Waals surface area contributed by atoms with Gasteiger partial charge in [0.05, 0.1) is 6.10 Å². The SMILES string of the molecule is O[C@@H](CCN1CCCC1)c1ccc(OC2CC2)nc1. The van der Waals surface area contributed by atoms with E-state index < -0.39 is 6.10 Å². The van der Waals surface area contributed by atoms with Crippen molar-refractivity contribution in [1.82, 2.24) is 9.88 Å². The Morgan fingerprint density at radius 3 is 2.74 bits per heavy atom. The molecule has 1 aliphatic heterocycles. The van der Waals surface area contributed by atoms with Gasteiger partial charge in [0, 0.05) is 18.8 Å². The smallest absolute Gasteiger partial charge is 0.213 e. The molecule has 104 valence electrons. The van der Waals surface area contributed by atoms with Crippen LogP contribution in [0.5, 0.6) is 5.88 Å². The van der Waals surface area contributed by atoms with Crippen molar-refractivity contribution in [1.29, 1.82) is 0 Å². The highest BCUT2D eigenvalue weighted by molar-refractivity contribution is 5.20. The summed E-state index contributed by atoms with van der Waals surface area (Å²) in [5.41, 5.74) is 0.891. The molecule has 2 aliphatic rings. The standard InChI is InChI=1S/C15H22N2O2/c18-14(7-10-17-8-1-2-9-17)12-3-6-15(16-11-12)19-13-4-5-13/h3,6,11,13-14,18H,1-2,4-5,7-10H2/t14-/m0/s1. The monoisotopic (exact) mass is 262 g/mol. The van der Waals surface area contributed by atoms with Crippen LogP contribution in [0.15, 0.2) is 18.3 Å². The van der Waals surface area contributed by atoms with Crippen molar-refractivity contribution in [2.45, 2.75) is 44.3 Å². The fourth-order valence-corrected chi connectivity index (χ4v) is 2.49. The van der Waals surface area contributed by atoms with Crippen LogP contribution in [0.2, 0.25) is 0 Å². The molecule has 0 aromatic carbocycles. The lowest BCUT2D eigenvalue weighted by Gasteiger charge is -2.17. The molecule has 2 fully saturated rings. The van der Waals surface area contributed by atoms with Crippen LogP contribution in [-0.2, 0) is 0 Å². The van der Waals surface area contributed by atoms with Gasteiger partial charge in [0.2, 0.25) is 5.88 Å². The van der Waals surface area contributed by atoms with Crippen LogP contribution in [0, 0.1) is 0 Å². The Kier molecular flexibility index (Phi) is 3.99. The zero-order valence-electron chi connectivity index (χ0n) is 11.3. The molecule has 0 spiro atoms. The van der Waals surface area contributed by atoms with Gasteiger partial charge in [-0.05, 0) is 56.8 Å². The van der Waals surface area contributed by atoms with Crippen LogP contribution in [0.1, 0.15) is 43.8 Å². The third-order valence-electron chi connectivity index (χ3n) is 3.87. The minimum atomic E-state index is -0.414. The molecule has 1 aliphatic carbocycles. The number of aromatic nitrogens is 1.